The van der Waals surface area contributed by atoms with E-state index >= 15 is 0 Å². The number of nitrogens with zero attached hydrogens (tertiary/aromatic N) is 4. The summed E-state index contributed by atoms with van der Waals surface area (Å²) in [4.78, 5) is 11.9. The van der Waals surface area contributed by atoms with Crippen LogP contribution in [-0.2, 0) is 6.18 Å². The molecular weight excluding hydrogens is 550 g/mol. The molecule has 0 aliphatic carbocycles. The fraction of sp³-hybridized carbons (Fsp3) is 0.143. The average molecular weight is 561 g/mol. The number of alkyl halides is 3. The summed E-state index contributed by atoms with van der Waals surface area (Å²) in [7, 11) is 0. The van der Waals surface area contributed by atoms with Gasteiger partial charge in [0.25, 0.3) is 0 Å². The molecule has 127 valence electrons. The molecule has 0 fully saturated rings. The van der Waals surface area contributed by atoms with E-state index in [1.165, 1.54) is 18.2 Å². The van der Waals surface area contributed by atoms with Crippen LogP contribution in [0, 0.1) is 51.0 Å². The van der Waals surface area contributed by atoms with Crippen LogP contribution in [0.5, 0.6) is 0 Å². The number of halogens is 3. The number of hydrogen-bond donors (Lipinski definition) is 2. The van der Waals surface area contributed by atoms with Gasteiger partial charge >= 0.3 is 6.18 Å². The average Bonchev–Trinajstić information content (AvgIpc) is 2.94. The maximum Gasteiger partial charge on any atom is 0.417 e. The zero-order valence-electron chi connectivity index (χ0n) is 12.9. The molecule has 0 aliphatic rings. The second-order valence-corrected chi connectivity index (χ2v) is 4.87. The zero-order valence-corrected chi connectivity index (χ0v) is 17.6. The number of aromatic amines is 1. The maximum atomic E-state index is 13.1. The molecule has 2 heterocycles. The summed E-state index contributed by atoms with van der Waals surface area (Å²) < 4.78 is 39.4. The first-order chi connectivity index (χ1) is 11.3. The number of hydrogen-bond acceptors (Lipinski definition) is 5. The Labute approximate surface area is 176 Å². The molecule has 11 heteroatoms. The van der Waals surface area contributed by atoms with E-state index < -0.39 is 11.7 Å². The van der Waals surface area contributed by atoms with Gasteiger partial charge in [0, 0.05) is 55.8 Å². The zero-order chi connectivity index (χ0) is 17.3. The summed E-state index contributed by atoms with van der Waals surface area (Å²) in [6.07, 6.45) is -3.41. The van der Waals surface area contributed by atoms with Gasteiger partial charge in [0.15, 0.2) is 5.82 Å². The molecule has 1 aromatic carbocycles. The molecule has 2 aromatic heterocycles. The van der Waals surface area contributed by atoms with Crippen molar-refractivity contribution in [3.8, 4) is 11.4 Å². The molecule has 0 unspecified atom stereocenters. The fourth-order valence-electron chi connectivity index (χ4n) is 2.04. The summed E-state index contributed by atoms with van der Waals surface area (Å²) in [5, 5.41) is 9.14. The quantitative estimate of drug-likeness (QED) is 0.503. The summed E-state index contributed by atoms with van der Waals surface area (Å²) in [6, 6.07) is 5.00. The normalized spacial score (nSPS) is 11.0. The second kappa shape index (κ2) is 7.66. The van der Waals surface area contributed by atoms with E-state index in [4.69, 9.17) is 5.73 Å². The first kappa shape index (κ1) is 19.6. The third-order valence-corrected chi connectivity index (χ3v) is 3.09. The summed E-state index contributed by atoms with van der Waals surface area (Å²) >= 11 is 0. The van der Waals surface area contributed by atoms with Crippen molar-refractivity contribution in [3.63, 3.8) is 0 Å². The smallest absolute Gasteiger partial charge is 0.417 e. The number of benzene rings is 1. The number of nitrogens with one attached hydrogen (secondary N) is 3. The number of aryl methyl sites for hydroxylation is 1. The minimum absolute atomic E-state index is 0. The van der Waals surface area contributed by atoms with Crippen LogP contribution in [0.15, 0.2) is 30.5 Å². The van der Waals surface area contributed by atoms with Gasteiger partial charge in [0.2, 0.25) is 5.95 Å². The number of H-pyrrole nitrogens is 1. The van der Waals surface area contributed by atoms with Gasteiger partial charge in [-0.1, -0.05) is 23.9 Å². The molecule has 0 amide bonds. The summed E-state index contributed by atoms with van der Waals surface area (Å²) in [6.45, 7) is 1.69. The predicted octanol–water partition coefficient (Wildman–Crippen LogP) is 4.02. The molecule has 0 bridgehead atoms. The molecular formula is C14H11AcF3N7-. The molecule has 7 nitrogen and oxygen atoms in total. The van der Waals surface area contributed by atoms with Crippen LogP contribution in [0.2, 0.25) is 0 Å². The van der Waals surface area contributed by atoms with Gasteiger partial charge in [-0.2, -0.15) is 18.2 Å². The molecule has 0 saturated carbocycles. The van der Waals surface area contributed by atoms with Crippen LogP contribution in [0.3, 0.4) is 0 Å². The Morgan fingerprint density at radius 3 is 2.52 bits per heavy atom. The Morgan fingerprint density at radius 2 is 1.88 bits per heavy atom. The van der Waals surface area contributed by atoms with Crippen molar-refractivity contribution in [1.29, 1.82) is 0 Å². The van der Waals surface area contributed by atoms with Gasteiger partial charge < -0.3 is 11.1 Å². The van der Waals surface area contributed by atoms with Gasteiger partial charge in [-0.25, -0.2) is 9.97 Å². The van der Waals surface area contributed by atoms with Crippen molar-refractivity contribution in [1.82, 2.24) is 25.1 Å². The topological polar surface area (TPSA) is 103 Å². The molecule has 3 rings (SSSR count). The van der Waals surface area contributed by atoms with Crippen LogP contribution in [0.4, 0.5) is 30.6 Å². The van der Waals surface area contributed by atoms with Crippen LogP contribution < -0.4 is 5.32 Å². The van der Waals surface area contributed by atoms with Gasteiger partial charge in [0.1, 0.15) is 11.6 Å². The Bertz CT molecular complexity index is 879. The Morgan fingerprint density at radius 1 is 1.16 bits per heavy atom. The number of aromatic nitrogens is 5. The maximum absolute atomic E-state index is 13.1. The van der Waals surface area contributed by atoms with Crippen molar-refractivity contribution in [2.75, 3.05) is 5.32 Å². The summed E-state index contributed by atoms with van der Waals surface area (Å²) in [5.74, 6) is 0.570. The molecule has 0 atom stereocenters. The van der Waals surface area contributed by atoms with E-state index in [0.29, 0.717) is 5.82 Å². The molecule has 0 spiro atoms. The van der Waals surface area contributed by atoms with Crippen molar-refractivity contribution in [3.05, 3.63) is 47.6 Å². The van der Waals surface area contributed by atoms with Crippen molar-refractivity contribution < 1.29 is 57.2 Å². The SMILES string of the molecule is Cc1nc(Nc2nc(-c3ccccc3C(F)(F)F)ncc2[NH-])n[nH]1.[Ac]. The van der Waals surface area contributed by atoms with Crippen LogP contribution in [0.25, 0.3) is 17.1 Å². The minimum Gasteiger partial charge on any atom is -0.694 e. The van der Waals surface area contributed by atoms with E-state index in [2.05, 4.69) is 30.5 Å². The molecule has 1 radical (unpaired) electrons. The van der Waals surface area contributed by atoms with E-state index in [1.54, 1.807) is 6.92 Å². The van der Waals surface area contributed by atoms with Crippen LogP contribution in [0.1, 0.15) is 11.4 Å². The standard InChI is InChI=1S/C14H11F3N7.Ac/c1-7-20-13(24-23-7)22-12-10(18)6-19-11(21-12)8-4-2-3-5-9(8)14(15,16)17;/h2-6,18H,1H3,(H2,19,20,21,22,23,24);/q-1;. The monoisotopic (exact) mass is 561 g/mol. The van der Waals surface area contributed by atoms with Gasteiger partial charge in [-0.15, -0.1) is 5.10 Å². The molecule has 0 saturated heterocycles. The molecule has 0 aliphatic heterocycles. The third-order valence-electron chi connectivity index (χ3n) is 3.09. The summed E-state index contributed by atoms with van der Waals surface area (Å²) in [5.41, 5.74) is 6.68. The van der Waals surface area contributed by atoms with E-state index in [1.807, 2.05) is 0 Å². The van der Waals surface area contributed by atoms with E-state index in [-0.39, 0.29) is 72.9 Å². The van der Waals surface area contributed by atoms with Gasteiger partial charge in [-0.3, -0.25) is 5.10 Å². The minimum atomic E-state index is -4.53. The Hall–Kier alpha value is -1.73. The molecule has 3 N–H and O–H groups in total. The van der Waals surface area contributed by atoms with E-state index in [9.17, 15) is 13.2 Å². The van der Waals surface area contributed by atoms with Crippen molar-refractivity contribution >= 4 is 17.5 Å². The van der Waals surface area contributed by atoms with Gasteiger partial charge in [0.05, 0.1) is 5.56 Å². The largest absolute Gasteiger partial charge is 0.694 e. The van der Waals surface area contributed by atoms with Crippen LogP contribution >= 0.6 is 0 Å². The molecule has 25 heavy (non-hydrogen) atoms. The van der Waals surface area contributed by atoms with Crippen molar-refractivity contribution in [2.45, 2.75) is 13.1 Å². The first-order valence-corrected chi connectivity index (χ1v) is 6.76. The number of anilines is 2. The Balaban J connectivity index is 0.00000225. The number of rotatable bonds is 3. The molecule has 3 aromatic rings. The first-order valence-electron chi connectivity index (χ1n) is 6.76. The van der Waals surface area contributed by atoms with E-state index in [0.717, 1.165) is 12.3 Å². The van der Waals surface area contributed by atoms with Crippen molar-refractivity contribution in [2.24, 2.45) is 0 Å². The predicted molar refractivity (Wildman–Crippen MR) is 80.9 cm³/mol. The second-order valence-electron chi connectivity index (χ2n) is 4.87. The fourth-order valence-corrected chi connectivity index (χ4v) is 2.04. The third kappa shape index (κ3) is 4.47. The Kier molecular flexibility index (Phi) is 6.00. The van der Waals surface area contributed by atoms with Crippen LogP contribution in [-0.4, -0.2) is 25.1 Å². The van der Waals surface area contributed by atoms with Gasteiger partial charge in [-0.05, 0) is 13.0 Å².